The molecule has 14 heteroatoms. The Morgan fingerprint density at radius 3 is 1.66 bits per heavy atom. The maximum Gasteiger partial charge on any atom is 0.417 e. The second-order valence-electron chi connectivity index (χ2n) is 9.83. The molecular weight excluding hydrogens is 905 g/mol. The minimum absolute atomic E-state index is 0.0919. The second kappa shape index (κ2) is 19.1. The van der Waals surface area contributed by atoms with Crippen LogP contribution in [-0.4, -0.2) is 80.8 Å². The Bertz CT molecular complexity index is 839. The molecule has 2 aliphatic heterocycles. The first-order valence-corrected chi connectivity index (χ1v) is 16.7. The summed E-state index contributed by atoms with van der Waals surface area (Å²) in [5, 5.41) is 0. The van der Waals surface area contributed by atoms with E-state index < -0.39 is 40.0 Å². The van der Waals surface area contributed by atoms with E-state index in [-0.39, 0.29) is 43.9 Å². The number of amides is 4. The van der Waals surface area contributed by atoms with Crippen LogP contribution >= 0.6 is 83.7 Å². The van der Waals surface area contributed by atoms with E-state index in [0.717, 1.165) is 11.7 Å². The molecule has 0 aromatic rings. The van der Waals surface area contributed by atoms with Crippen LogP contribution in [0.3, 0.4) is 0 Å². The van der Waals surface area contributed by atoms with Crippen LogP contribution in [0.15, 0.2) is 0 Å². The number of carbonyl (C=O) groups excluding carboxylic acids is 6. The summed E-state index contributed by atoms with van der Waals surface area (Å²) in [5.74, 6) is -1.35. The molecule has 0 spiro atoms. The number of rotatable bonds is 0. The first kappa shape index (κ1) is 40.0. The van der Waals surface area contributed by atoms with E-state index >= 15 is 0 Å². The minimum Gasteiger partial charge on any atom is -0.443 e. The van der Waals surface area contributed by atoms with Gasteiger partial charge in [0, 0.05) is 25.9 Å². The summed E-state index contributed by atoms with van der Waals surface area (Å²) in [5.41, 5.74) is -1.28. The molecule has 0 radical (unpaired) electrons. The van der Waals surface area contributed by atoms with Crippen molar-refractivity contribution in [3.8, 4) is 0 Å². The summed E-state index contributed by atoms with van der Waals surface area (Å²) in [6, 6.07) is 0. The molecule has 2 saturated heterocycles. The second-order valence-corrected chi connectivity index (χ2v) is 18.4. The predicted molar refractivity (Wildman–Crippen MR) is 175 cm³/mol. The number of nitrogens with zero attached hydrogens (tertiary/aromatic N) is 2. The number of imide groups is 2. The smallest absolute Gasteiger partial charge is 0.417 e. The molecule has 4 amide bonds. The molecule has 2 heterocycles. The average Bonchev–Trinajstić information content (AvgIpc) is 2.70. The predicted octanol–water partition coefficient (Wildman–Crippen LogP) is 6.24. The number of ether oxygens (including phenoxy) is 2. The molecule has 0 bridgehead atoms. The Hall–Kier alpha value is -0.110. The lowest BCUT2D eigenvalue weighted by molar-refractivity contribution is -0.139. The molecule has 1 atom stereocenters. The number of hydrogen-bond donors (Lipinski definition) is 0. The van der Waals surface area contributed by atoms with Gasteiger partial charge in [0.1, 0.15) is 17.0 Å². The molecule has 2 aliphatic rings. The van der Waals surface area contributed by atoms with Crippen LogP contribution in [0.5, 0.6) is 0 Å². The zero-order valence-electron chi connectivity index (χ0n) is 23.1. The lowest BCUT2D eigenvalue weighted by atomic mass is 10.1. The molecule has 0 aromatic carbocycles. The van der Waals surface area contributed by atoms with Crippen LogP contribution in [0.2, 0.25) is 0 Å². The van der Waals surface area contributed by atoms with E-state index in [1.54, 1.807) is 41.5 Å². The van der Waals surface area contributed by atoms with Gasteiger partial charge in [-0.3, -0.25) is 19.2 Å². The highest BCUT2D eigenvalue weighted by atomic mass is 127. The zero-order chi connectivity index (χ0) is 30.4. The number of ketones is 2. The van der Waals surface area contributed by atoms with Crippen molar-refractivity contribution < 1.29 is 38.2 Å². The maximum absolute atomic E-state index is 11.6. The van der Waals surface area contributed by atoms with Gasteiger partial charge in [-0.05, 0) is 52.9 Å². The summed E-state index contributed by atoms with van der Waals surface area (Å²) in [4.78, 5) is 69.3. The van der Waals surface area contributed by atoms with Crippen molar-refractivity contribution >= 4 is 119 Å². The fraction of sp³-hybridized carbons (Fsp3) is 0.750. The lowest BCUT2D eigenvalue weighted by Crippen LogP contribution is -2.50. The fourth-order valence-electron chi connectivity index (χ4n) is 2.46. The number of hydrogen-bond acceptors (Lipinski definition) is 8. The zero-order valence-corrected chi connectivity index (χ0v) is 31.1. The van der Waals surface area contributed by atoms with Gasteiger partial charge < -0.3 is 9.47 Å². The Kier molecular flexibility index (Phi) is 20.1. The summed E-state index contributed by atoms with van der Waals surface area (Å²) in [6.07, 6.45) is -1.17. The highest BCUT2D eigenvalue weighted by Crippen LogP contribution is 2.19. The summed E-state index contributed by atoms with van der Waals surface area (Å²) in [7, 11) is 0. The van der Waals surface area contributed by atoms with E-state index in [1.165, 1.54) is 4.43 Å². The standard InChI is InChI=1S/C10H14BrNO4.C10H15NO4.C2H4I2.C2H5I/c1-10(2,3)16-9(15)12-5-4-6(13)7(11)8(12)14;1-10(2,3)15-9(14)11-5-4-7(12)6-8(11)13;1-2(3)4;1-2-3/h7H,4-5H2,1-3H3;4-6H2,1-3H3;2H,1H3;2H2,1H3. The van der Waals surface area contributed by atoms with Crippen LogP contribution in [-0.2, 0) is 28.7 Å². The van der Waals surface area contributed by atoms with Gasteiger partial charge in [0.25, 0.3) is 5.91 Å². The van der Waals surface area contributed by atoms with Gasteiger partial charge in [-0.25, -0.2) is 19.4 Å². The molecular formula is C24H38BrI3N2O8. The van der Waals surface area contributed by atoms with Gasteiger partial charge >= 0.3 is 12.2 Å². The van der Waals surface area contributed by atoms with E-state index in [1.807, 2.05) is 0 Å². The van der Waals surface area contributed by atoms with E-state index in [2.05, 4.69) is 97.6 Å². The van der Waals surface area contributed by atoms with Gasteiger partial charge in [-0.2, -0.15) is 0 Å². The monoisotopic (exact) mass is 942 g/mol. The normalized spacial score (nSPS) is 17.9. The maximum atomic E-state index is 11.6. The van der Waals surface area contributed by atoms with Crippen LogP contribution in [0.1, 0.15) is 74.7 Å². The van der Waals surface area contributed by atoms with Crippen LogP contribution in [0.25, 0.3) is 0 Å². The van der Waals surface area contributed by atoms with Gasteiger partial charge in [0.2, 0.25) is 5.91 Å². The molecule has 2 fully saturated rings. The van der Waals surface area contributed by atoms with Gasteiger partial charge in [0.15, 0.2) is 10.6 Å². The van der Waals surface area contributed by atoms with Crippen molar-refractivity contribution in [3.63, 3.8) is 0 Å². The van der Waals surface area contributed by atoms with Crippen molar-refractivity contribution in [2.75, 3.05) is 17.5 Å². The molecule has 38 heavy (non-hydrogen) atoms. The van der Waals surface area contributed by atoms with Crippen LogP contribution in [0.4, 0.5) is 9.59 Å². The number of alkyl halides is 4. The van der Waals surface area contributed by atoms with Crippen LogP contribution in [0, 0.1) is 0 Å². The summed E-state index contributed by atoms with van der Waals surface area (Å²) >= 11 is 9.91. The molecule has 2 rings (SSSR count). The third-order valence-corrected chi connectivity index (χ3v) is 4.74. The highest BCUT2D eigenvalue weighted by Gasteiger charge is 2.38. The number of halogens is 4. The molecule has 10 nitrogen and oxygen atoms in total. The lowest BCUT2D eigenvalue weighted by Gasteiger charge is -2.29. The topological polar surface area (TPSA) is 127 Å². The highest BCUT2D eigenvalue weighted by molar-refractivity contribution is 14.2. The first-order chi connectivity index (χ1) is 17.2. The largest absolute Gasteiger partial charge is 0.443 e. The molecule has 0 aliphatic carbocycles. The minimum atomic E-state index is -0.922. The van der Waals surface area contributed by atoms with Crippen molar-refractivity contribution in [1.82, 2.24) is 9.80 Å². The molecule has 1 unspecified atom stereocenters. The molecule has 0 aromatic heterocycles. The Balaban J connectivity index is 0. The van der Waals surface area contributed by atoms with Gasteiger partial charge in [0.05, 0.1) is 8.35 Å². The third kappa shape index (κ3) is 19.0. The number of piperidine rings is 2. The average molecular weight is 943 g/mol. The van der Waals surface area contributed by atoms with Crippen molar-refractivity contribution in [2.24, 2.45) is 0 Å². The van der Waals surface area contributed by atoms with Gasteiger partial charge in [-0.15, -0.1) is 0 Å². The van der Waals surface area contributed by atoms with E-state index in [4.69, 9.17) is 9.47 Å². The number of Topliss-reactive ketones (excluding diaryl/α,β-unsaturated/α-hetero) is 2. The Morgan fingerprint density at radius 1 is 0.921 bits per heavy atom. The fourth-order valence-corrected chi connectivity index (χ4v) is 2.93. The Morgan fingerprint density at radius 2 is 1.29 bits per heavy atom. The Labute approximate surface area is 275 Å². The quantitative estimate of drug-likeness (QED) is 0.159. The van der Waals surface area contributed by atoms with Crippen molar-refractivity contribution in [3.05, 3.63) is 0 Å². The molecule has 0 saturated carbocycles. The number of likely N-dealkylation sites (tertiary alicyclic amines) is 2. The van der Waals surface area contributed by atoms with Crippen molar-refractivity contribution in [2.45, 2.75) is 92.6 Å². The first-order valence-electron chi connectivity index (χ1n) is 11.8. The third-order valence-electron chi connectivity index (χ3n) is 3.84. The summed E-state index contributed by atoms with van der Waals surface area (Å²) < 4.78 is 12.1. The summed E-state index contributed by atoms with van der Waals surface area (Å²) in [6.45, 7) is 14.8. The van der Waals surface area contributed by atoms with E-state index in [0.29, 0.717) is 0 Å². The molecule has 0 N–H and O–H groups in total. The van der Waals surface area contributed by atoms with Crippen LogP contribution < -0.4 is 0 Å². The number of carbonyl (C=O) groups is 6. The van der Waals surface area contributed by atoms with Gasteiger partial charge in [-0.1, -0.05) is 90.6 Å². The van der Waals surface area contributed by atoms with E-state index in [9.17, 15) is 28.8 Å². The molecule has 220 valence electrons. The SMILES string of the molecule is CC(C)(C)OC(=O)N1CCC(=O)C(Br)C1=O.CC(C)(C)OC(=O)N1CCC(=O)CC1=O.CC(I)I.CCI. The van der Waals surface area contributed by atoms with Crippen molar-refractivity contribution in [1.29, 1.82) is 0 Å².